The zero-order valence-electron chi connectivity index (χ0n) is 11.5. The van der Waals surface area contributed by atoms with Gasteiger partial charge in [-0.2, -0.15) is 0 Å². The molecule has 1 aliphatic carbocycles. The lowest BCUT2D eigenvalue weighted by Gasteiger charge is -2.12. The fourth-order valence-corrected chi connectivity index (χ4v) is 2.39. The number of fused-ring (bicyclic) bond motifs is 1. The van der Waals surface area contributed by atoms with Gasteiger partial charge in [0.1, 0.15) is 0 Å². The van der Waals surface area contributed by atoms with Crippen LogP contribution < -0.4 is 16.6 Å². The smallest absolute Gasteiger partial charge is 0.252 e. The van der Waals surface area contributed by atoms with Crippen molar-refractivity contribution in [2.75, 3.05) is 6.54 Å². The molecule has 112 valence electrons. The van der Waals surface area contributed by atoms with E-state index in [1.165, 1.54) is 6.07 Å². The third-order valence-corrected chi connectivity index (χ3v) is 3.72. The van der Waals surface area contributed by atoms with Crippen LogP contribution in [0.25, 0.3) is 10.9 Å². The number of pyridine rings is 1. The number of benzene rings is 1. The topological polar surface area (TPSA) is 88.0 Å². The largest absolute Gasteiger partial charge is 0.350 e. The number of H-pyrrole nitrogens is 1. The zero-order valence-corrected chi connectivity index (χ0v) is 12.3. The van der Waals surface area contributed by atoms with Crippen molar-refractivity contribution in [3.05, 3.63) is 46.2 Å². The third-order valence-electron chi connectivity index (χ3n) is 3.72. The molecule has 1 atom stereocenters. The van der Waals surface area contributed by atoms with E-state index in [-0.39, 0.29) is 29.9 Å². The van der Waals surface area contributed by atoms with Crippen LogP contribution in [0.15, 0.2) is 35.1 Å². The highest BCUT2D eigenvalue weighted by Gasteiger charge is 2.28. The molecule has 4 N–H and O–H groups in total. The van der Waals surface area contributed by atoms with E-state index in [1.807, 2.05) is 18.2 Å². The third kappa shape index (κ3) is 3.43. The Kier molecular flexibility index (Phi) is 4.65. The van der Waals surface area contributed by atoms with Gasteiger partial charge in [-0.15, -0.1) is 12.4 Å². The Morgan fingerprint density at radius 3 is 2.81 bits per heavy atom. The average molecular weight is 308 g/mol. The molecule has 1 heterocycles. The Balaban J connectivity index is 0.00000161. The van der Waals surface area contributed by atoms with E-state index < -0.39 is 0 Å². The summed E-state index contributed by atoms with van der Waals surface area (Å²) in [5.41, 5.74) is 6.75. The number of carbonyl (C=O) groups excluding carboxylic acids is 1. The van der Waals surface area contributed by atoms with Gasteiger partial charge < -0.3 is 16.0 Å². The van der Waals surface area contributed by atoms with Gasteiger partial charge >= 0.3 is 0 Å². The van der Waals surface area contributed by atoms with E-state index in [4.69, 9.17) is 5.73 Å². The normalized spacial score (nSPS) is 15.3. The van der Waals surface area contributed by atoms with Gasteiger partial charge in [-0.25, -0.2) is 0 Å². The van der Waals surface area contributed by atoms with Crippen LogP contribution in [0.1, 0.15) is 23.2 Å². The molecule has 1 aromatic heterocycles. The molecular formula is C15H18ClN3O2. The molecule has 2 aromatic rings. The first-order valence-electron chi connectivity index (χ1n) is 6.81. The van der Waals surface area contributed by atoms with Crippen LogP contribution >= 0.6 is 12.4 Å². The number of para-hydroxylation sites is 1. The SMILES string of the molecule is Cl.NC(CNC(=O)c1cc(=O)[nH]c2ccccc12)C1CC1. The maximum absolute atomic E-state index is 12.2. The van der Waals surface area contributed by atoms with Crippen LogP contribution in [0.5, 0.6) is 0 Å². The number of nitrogens with two attached hydrogens (primary N) is 1. The zero-order chi connectivity index (χ0) is 14.1. The summed E-state index contributed by atoms with van der Waals surface area (Å²) in [6.07, 6.45) is 2.29. The van der Waals surface area contributed by atoms with Crippen molar-refractivity contribution in [1.29, 1.82) is 0 Å². The van der Waals surface area contributed by atoms with Crippen molar-refractivity contribution in [2.45, 2.75) is 18.9 Å². The number of hydrogen-bond donors (Lipinski definition) is 3. The molecule has 1 aromatic carbocycles. The lowest BCUT2D eigenvalue weighted by atomic mass is 10.1. The van der Waals surface area contributed by atoms with Crippen molar-refractivity contribution in [3.8, 4) is 0 Å². The van der Waals surface area contributed by atoms with Crippen LogP contribution in [0.2, 0.25) is 0 Å². The molecule has 3 rings (SSSR count). The van der Waals surface area contributed by atoms with Crippen molar-refractivity contribution in [3.63, 3.8) is 0 Å². The van der Waals surface area contributed by atoms with Crippen LogP contribution in [0.3, 0.4) is 0 Å². The molecule has 1 amide bonds. The summed E-state index contributed by atoms with van der Waals surface area (Å²) >= 11 is 0. The quantitative estimate of drug-likeness (QED) is 0.798. The van der Waals surface area contributed by atoms with Crippen LogP contribution in [0, 0.1) is 5.92 Å². The lowest BCUT2D eigenvalue weighted by molar-refractivity contribution is 0.0952. The maximum atomic E-state index is 12.2. The van der Waals surface area contributed by atoms with Crippen molar-refractivity contribution >= 4 is 29.2 Å². The number of hydrogen-bond acceptors (Lipinski definition) is 3. The van der Waals surface area contributed by atoms with Crippen LogP contribution in [-0.2, 0) is 0 Å². The molecule has 1 aliphatic rings. The van der Waals surface area contributed by atoms with Crippen molar-refractivity contribution < 1.29 is 4.79 Å². The molecule has 0 aliphatic heterocycles. The summed E-state index contributed by atoms with van der Waals surface area (Å²) in [5.74, 6) is 0.287. The predicted octanol–water partition coefficient (Wildman–Crippen LogP) is 1.42. The molecule has 0 radical (unpaired) electrons. The molecule has 21 heavy (non-hydrogen) atoms. The summed E-state index contributed by atoms with van der Waals surface area (Å²) < 4.78 is 0. The van der Waals surface area contributed by atoms with E-state index in [0.717, 1.165) is 18.2 Å². The fourth-order valence-electron chi connectivity index (χ4n) is 2.39. The van der Waals surface area contributed by atoms with Gasteiger partial charge in [-0.1, -0.05) is 18.2 Å². The number of aromatic nitrogens is 1. The standard InChI is InChI=1S/C15H17N3O2.ClH/c16-12(9-5-6-9)8-17-15(20)11-7-14(19)18-13-4-2-1-3-10(11)13;/h1-4,7,9,12H,5-6,8,16H2,(H,17,20)(H,18,19);1H. The highest BCUT2D eigenvalue weighted by Crippen LogP contribution is 2.31. The minimum Gasteiger partial charge on any atom is -0.350 e. The summed E-state index contributed by atoms with van der Waals surface area (Å²) in [7, 11) is 0. The Hall–Kier alpha value is -1.85. The van der Waals surface area contributed by atoms with Crippen molar-refractivity contribution in [1.82, 2.24) is 10.3 Å². The molecule has 1 saturated carbocycles. The van der Waals surface area contributed by atoms with Gasteiger partial charge in [0.2, 0.25) is 5.56 Å². The number of carbonyl (C=O) groups is 1. The van der Waals surface area contributed by atoms with E-state index >= 15 is 0 Å². The Bertz CT molecular complexity index is 709. The van der Waals surface area contributed by atoms with E-state index in [9.17, 15) is 9.59 Å². The molecule has 6 heteroatoms. The first-order valence-corrected chi connectivity index (χ1v) is 6.81. The van der Waals surface area contributed by atoms with E-state index in [2.05, 4.69) is 10.3 Å². The number of aromatic amines is 1. The number of amides is 1. The highest BCUT2D eigenvalue weighted by molar-refractivity contribution is 6.05. The molecule has 0 bridgehead atoms. The molecule has 0 saturated heterocycles. The number of rotatable bonds is 4. The fraction of sp³-hybridized carbons (Fsp3) is 0.333. The Morgan fingerprint density at radius 1 is 1.38 bits per heavy atom. The summed E-state index contributed by atoms with van der Waals surface area (Å²) in [6, 6.07) is 8.60. The molecule has 1 unspecified atom stereocenters. The van der Waals surface area contributed by atoms with Crippen LogP contribution in [-0.4, -0.2) is 23.5 Å². The van der Waals surface area contributed by atoms with Gasteiger partial charge in [0.25, 0.3) is 5.91 Å². The first kappa shape index (κ1) is 15.5. The number of halogens is 1. The van der Waals surface area contributed by atoms with Gasteiger partial charge in [0.15, 0.2) is 0 Å². The van der Waals surface area contributed by atoms with Gasteiger partial charge in [0, 0.05) is 29.6 Å². The number of nitrogens with one attached hydrogen (secondary N) is 2. The molecule has 1 fully saturated rings. The second kappa shape index (κ2) is 6.28. The minimum absolute atomic E-state index is 0. The predicted molar refractivity (Wildman–Crippen MR) is 84.8 cm³/mol. The van der Waals surface area contributed by atoms with E-state index in [1.54, 1.807) is 6.07 Å². The highest BCUT2D eigenvalue weighted by atomic mass is 35.5. The summed E-state index contributed by atoms with van der Waals surface area (Å²) in [4.78, 5) is 26.6. The summed E-state index contributed by atoms with van der Waals surface area (Å²) in [6.45, 7) is 0.449. The van der Waals surface area contributed by atoms with Gasteiger partial charge in [-0.3, -0.25) is 9.59 Å². The maximum Gasteiger partial charge on any atom is 0.252 e. The first-order chi connectivity index (χ1) is 9.65. The van der Waals surface area contributed by atoms with Crippen LogP contribution in [0.4, 0.5) is 0 Å². The van der Waals surface area contributed by atoms with Crippen molar-refractivity contribution in [2.24, 2.45) is 11.7 Å². The Labute approximate surface area is 128 Å². The monoisotopic (exact) mass is 307 g/mol. The van der Waals surface area contributed by atoms with Gasteiger partial charge in [0.05, 0.1) is 5.56 Å². The second-order valence-electron chi connectivity index (χ2n) is 5.30. The second-order valence-corrected chi connectivity index (χ2v) is 5.30. The lowest BCUT2D eigenvalue weighted by Crippen LogP contribution is -2.38. The molecule has 0 spiro atoms. The van der Waals surface area contributed by atoms with Gasteiger partial charge in [-0.05, 0) is 24.8 Å². The molecule has 5 nitrogen and oxygen atoms in total. The van der Waals surface area contributed by atoms with E-state index in [0.29, 0.717) is 23.5 Å². The Morgan fingerprint density at radius 2 is 2.10 bits per heavy atom. The summed E-state index contributed by atoms with van der Waals surface area (Å²) in [5, 5.41) is 3.56. The minimum atomic E-state index is -0.277. The average Bonchev–Trinajstić information content (AvgIpc) is 3.28. The molecular weight excluding hydrogens is 290 g/mol.